The number of carbonyl (C=O) groups is 2. The average molecular weight is 402 g/mol. The molecule has 146 valence electrons. The maximum Gasteiger partial charge on any atom is 0.326 e. The summed E-state index contributed by atoms with van der Waals surface area (Å²) in [4.78, 5) is 29.0. The van der Waals surface area contributed by atoms with Crippen LogP contribution in [0.2, 0.25) is 0 Å². The number of rotatable bonds is 6. The molecule has 0 atom stereocenters. The Hall–Kier alpha value is -3.00. The van der Waals surface area contributed by atoms with E-state index in [1.165, 1.54) is 29.5 Å². The van der Waals surface area contributed by atoms with E-state index < -0.39 is 17.7 Å². The number of benzene rings is 2. The molecule has 0 aliphatic heterocycles. The second kappa shape index (κ2) is 8.79. The summed E-state index contributed by atoms with van der Waals surface area (Å²) in [5.74, 6) is -1.27. The Morgan fingerprint density at radius 3 is 2.61 bits per heavy atom. The van der Waals surface area contributed by atoms with Crippen molar-refractivity contribution in [2.45, 2.75) is 20.4 Å². The lowest BCUT2D eigenvalue weighted by atomic mass is 10.2. The zero-order valence-corrected chi connectivity index (χ0v) is 16.3. The number of fused-ring (bicyclic) bond motifs is 1. The highest BCUT2D eigenvalue weighted by atomic mass is 32.1. The van der Waals surface area contributed by atoms with E-state index in [0.29, 0.717) is 17.9 Å². The molecule has 0 radical (unpaired) electrons. The maximum atomic E-state index is 13.9. The summed E-state index contributed by atoms with van der Waals surface area (Å²) in [7, 11) is 0. The van der Waals surface area contributed by atoms with E-state index in [0.717, 1.165) is 4.70 Å². The minimum Gasteiger partial charge on any atom is -0.492 e. The van der Waals surface area contributed by atoms with Crippen LogP contribution in [-0.4, -0.2) is 29.7 Å². The third-order valence-electron chi connectivity index (χ3n) is 3.86. The molecule has 0 N–H and O–H groups in total. The van der Waals surface area contributed by atoms with Crippen molar-refractivity contribution in [3.8, 4) is 5.75 Å². The normalized spacial score (nSPS) is 11.6. The molecular weight excluding hydrogens is 383 g/mol. The van der Waals surface area contributed by atoms with Gasteiger partial charge in [0.25, 0.3) is 5.91 Å². The first-order chi connectivity index (χ1) is 13.5. The van der Waals surface area contributed by atoms with Gasteiger partial charge in [-0.15, -0.1) is 0 Å². The summed E-state index contributed by atoms with van der Waals surface area (Å²) in [6.45, 7) is 4.11. The van der Waals surface area contributed by atoms with Gasteiger partial charge in [0.2, 0.25) is 0 Å². The van der Waals surface area contributed by atoms with Crippen LogP contribution >= 0.6 is 11.3 Å². The quantitative estimate of drug-likeness (QED) is 0.592. The van der Waals surface area contributed by atoms with Crippen molar-refractivity contribution < 1.29 is 23.5 Å². The zero-order valence-electron chi connectivity index (χ0n) is 15.5. The highest BCUT2D eigenvalue weighted by molar-refractivity contribution is 7.16. The third kappa shape index (κ3) is 4.12. The number of thiazole rings is 1. The number of hydrogen-bond acceptors (Lipinski definition) is 5. The van der Waals surface area contributed by atoms with E-state index in [1.807, 2.05) is 19.1 Å². The molecule has 3 rings (SSSR count). The van der Waals surface area contributed by atoms with Crippen LogP contribution in [0.1, 0.15) is 24.2 Å². The van der Waals surface area contributed by atoms with Gasteiger partial charge in [0.05, 0.1) is 23.5 Å². The molecule has 0 saturated carbocycles. The van der Waals surface area contributed by atoms with Crippen LogP contribution in [0.3, 0.4) is 0 Å². The molecule has 2 aromatic carbocycles. The van der Waals surface area contributed by atoms with Crippen LogP contribution in [0.25, 0.3) is 10.2 Å². The lowest BCUT2D eigenvalue weighted by Crippen LogP contribution is -2.23. The Bertz CT molecular complexity index is 1090. The summed E-state index contributed by atoms with van der Waals surface area (Å²) in [5.41, 5.74) is 0.509. The molecule has 0 fully saturated rings. The van der Waals surface area contributed by atoms with Gasteiger partial charge in [0, 0.05) is 0 Å². The van der Waals surface area contributed by atoms with Gasteiger partial charge in [-0.25, -0.2) is 4.39 Å². The predicted octanol–water partition coefficient (Wildman–Crippen LogP) is 3.54. The summed E-state index contributed by atoms with van der Waals surface area (Å²) in [6.07, 6.45) is 0. The summed E-state index contributed by atoms with van der Waals surface area (Å²) >= 11 is 1.22. The SMILES string of the molecule is CCOC(=O)Cn1c(=NC(=O)c2ccccc2F)sc2cccc(OCC)c21. The van der Waals surface area contributed by atoms with Gasteiger partial charge in [-0.1, -0.05) is 29.5 Å². The molecule has 0 saturated heterocycles. The van der Waals surface area contributed by atoms with Crippen LogP contribution in [0.4, 0.5) is 4.39 Å². The Balaban J connectivity index is 2.18. The smallest absolute Gasteiger partial charge is 0.326 e. The Morgan fingerprint density at radius 1 is 1.11 bits per heavy atom. The van der Waals surface area contributed by atoms with E-state index >= 15 is 0 Å². The van der Waals surface area contributed by atoms with Gasteiger partial charge in [0.15, 0.2) is 4.80 Å². The number of nitrogens with zero attached hydrogens (tertiary/aromatic N) is 2. The number of aromatic nitrogens is 1. The summed E-state index contributed by atoms with van der Waals surface area (Å²) < 4.78 is 27.0. The monoisotopic (exact) mass is 402 g/mol. The standard InChI is InChI=1S/C20H19FN2O4S/c1-3-26-15-10-7-11-16-18(15)23(12-17(24)27-4-2)20(28-16)22-19(25)13-8-5-6-9-14(13)21/h5-11H,3-4,12H2,1-2H3. The minimum atomic E-state index is -0.722. The van der Waals surface area contributed by atoms with Gasteiger partial charge in [-0.05, 0) is 38.1 Å². The number of carbonyl (C=O) groups excluding carboxylic acids is 2. The topological polar surface area (TPSA) is 69.9 Å². The molecule has 1 heterocycles. The molecule has 0 spiro atoms. The fourth-order valence-electron chi connectivity index (χ4n) is 2.72. The highest BCUT2D eigenvalue weighted by Crippen LogP contribution is 2.27. The number of para-hydroxylation sites is 1. The van der Waals surface area contributed by atoms with Gasteiger partial charge >= 0.3 is 5.97 Å². The average Bonchev–Trinajstić information content (AvgIpc) is 3.00. The minimum absolute atomic E-state index is 0.132. The molecular formula is C20H19FN2O4S. The first-order valence-corrected chi connectivity index (χ1v) is 9.61. The molecule has 1 aromatic heterocycles. The van der Waals surface area contributed by atoms with Crippen LogP contribution in [0, 0.1) is 5.82 Å². The fraction of sp³-hybridized carbons (Fsp3) is 0.250. The molecule has 6 nitrogen and oxygen atoms in total. The largest absolute Gasteiger partial charge is 0.492 e. The molecule has 8 heteroatoms. The molecule has 0 aliphatic rings. The van der Waals surface area contributed by atoms with E-state index in [4.69, 9.17) is 9.47 Å². The lowest BCUT2D eigenvalue weighted by molar-refractivity contribution is -0.143. The Labute approximate surface area is 164 Å². The van der Waals surface area contributed by atoms with Crippen LogP contribution in [0.15, 0.2) is 47.5 Å². The van der Waals surface area contributed by atoms with Gasteiger partial charge < -0.3 is 14.0 Å². The fourth-order valence-corrected chi connectivity index (χ4v) is 3.76. The van der Waals surface area contributed by atoms with Crippen molar-refractivity contribution in [1.82, 2.24) is 4.57 Å². The van der Waals surface area contributed by atoms with Crippen LogP contribution < -0.4 is 9.54 Å². The maximum absolute atomic E-state index is 13.9. The van der Waals surface area contributed by atoms with Crippen molar-refractivity contribution >= 4 is 33.4 Å². The number of esters is 1. The second-order valence-corrected chi connectivity index (χ2v) is 6.72. The first kappa shape index (κ1) is 19.8. The Morgan fingerprint density at radius 2 is 1.89 bits per heavy atom. The lowest BCUT2D eigenvalue weighted by Gasteiger charge is -2.09. The van der Waals surface area contributed by atoms with Crippen molar-refractivity contribution in [1.29, 1.82) is 0 Å². The van der Waals surface area contributed by atoms with E-state index in [1.54, 1.807) is 23.6 Å². The molecule has 0 bridgehead atoms. The van der Waals surface area contributed by atoms with Crippen molar-refractivity contribution in [2.75, 3.05) is 13.2 Å². The molecule has 0 aliphatic carbocycles. The molecule has 3 aromatic rings. The Kier molecular flexibility index (Phi) is 6.20. The number of amides is 1. The second-order valence-electron chi connectivity index (χ2n) is 5.71. The van der Waals surface area contributed by atoms with Crippen molar-refractivity contribution in [2.24, 2.45) is 4.99 Å². The van der Waals surface area contributed by atoms with E-state index in [-0.39, 0.29) is 23.5 Å². The molecule has 0 unspecified atom stereocenters. The zero-order chi connectivity index (χ0) is 20.1. The van der Waals surface area contributed by atoms with Gasteiger partial charge in [0.1, 0.15) is 23.6 Å². The van der Waals surface area contributed by atoms with E-state index in [2.05, 4.69) is 4.99 Å². The van der Waals surface area contributed by atoms with Gasteiger partial charge in [-0.3, -0.25) is 9.59 Å². The van der Waals surface area contributed by atoms with Crippen molar-refractivity contribution in [3.63, 3.8) is 0 Å². The number of hydrogen-bond donors (Lipinski definition) is 0. The highest BCUT2D eigenvalue weighted by Gasteiger charge is 2.17. The van der Waals surface area contributed by atoms with Crippen LogP contribution in [-0.2, 0) is 16.1 Å². The summed E-state index contributed by atoms with van der Waals surface area (Å²) in [6, 6.07) is 11.1. The third-order valence-corrected chi connectivity index (χ3v) is 4.90. The van der Waals surface area contributed by atoms with Gasteiger partial charge in [-0.2, -0.15) is 4.99 Å². The first-order valence-electron chi connectivity index (χ1n) is 8.79. The van der Waals surface area contributed by atoms with E-state index in [9.17, 15) is 14.0 Å². The molecule has 1 amide bonds. The number of ether oxygens (including phenoxy) is 2. The molecule has 28 heavy (non-hydrogen) atoms. The van der Waals surface area contributed by atoms with Crippen molar-refractivity contribution in [3.05, 3.63) is 58.6 Å². The number of halogens is 1. The van der Waals surface area contributed by atoms with Crippen LogP contribution in [0.5, 0.6) is 5.75 Å². The summed E-state index contributed by atoms with van der Waals surface area (Å²) in [5, 5.41) is 0. The predicted molar refractivity (Wildman–Crippen MR) is 104 cm³/mol.